The Hall–Kier alpha value is -3.00. The topological polar surface area (TPSA) is 136 Å². The van der Waals surface area contributed by atoms with Crippen LogP contribution in [0.3, 0.4) is 0 Å². The van der Waals surface area contributed by atoms with Crippen LogP contribution in [0.1, 0.15) is 11.6 Å². The quantitative estimate of drug-likeness (QED) is 0.269. The van der Waals surface area contributed by atoms with Crippen LogP contribution in [-0.2, 0) is 0 Å². The Kier molecular flexibility index (Phi) is 2.99. The minimum Gasteiger partial charge on any atom is -0.509 e. The number of hydrogen-bond acceptors (Lipinski definition) is 6. The van der Waals surface area contributed by atoms with E-state index in [0.29, 0.717) is 0 Å². The second-order valence-corrected chi connectivity index (χ2v) is 4.55. The minimum atomic E-state index is -0.673. The molecule has 8 nitrogen and oxygen atoms in total. The molecule has 1 atom stereocenters. The number of hydrogen-bond donors (Lipinski definition) is 6. The Bertz CT molecular complexity index is 913. The predicted molar refractivity (Wildman–Crippen MR) is 76.0 cm³/mol. The minimum absolute atomic E-state index is 0.0223. The highest BCUT2D eigenvalue weighted by Gasteiger charge is 2.25. The molecule has 1 unspecified atom stereocenters. The molecule has 7 N–H and O–H groups in total. The number of hydrazine groups is 1. The number of H-pyrrole nitrogens is 2. The zero-order chi connectivity index (χ0) is 15.0. The highest BCUT2D eigenvalue weighted by molar-refractivity contribution is 5.57. The van der Waals surface area contributed by atoms with Crippen molar-refractivity contribution >= 4 is 11.6 Å². The third-order valence-electron chi connectivity index (χ3n) is 3.34. The maximum atomic E-state index is 11.9. The van der Waals surface area contributed by atoms with Crippen LogP contribution < -0.4 is 38.1 Å². The molecule has 8 heteroatoms. The van der Waals surface area contributed by atoms with Gasteiger partial charge in [-0.15, -0.1) is 0 Å². The van der Waals surface area contributed by atoms with E-state index in [1.807, 2.05) is 6.07 Å². The van der Waals surface area contributed by atoms with Crippen molar-refractivity contribution in [1.82, 2.24) is 20.9 Å². The second-order valence-electron chi connectivity index (χ2n) is 4.55. The van der Waals surface area contributed by atoms with Crippen LogP contribution in [0.25, 0.3) is 11.6 Å². The van der Waals surface area contributed by atoms with Crippen molar-refractivity contribution in [3.05, 3.63) is 67.0 Å². The lowest BCUT2D eigenvalue weighted by atomic mass is 10.0. The van der Waals surface area contributed by atoms with Crippen molar-refractivity contribution in [1.29, 1.82) is 0 Å². The van der Waals surface area contributed by atoms with E-state index in [4.69, 9.17) is 5.84 Å². The van der Waals surface area contributed by atoms with Crippen molar-refractivity contribution in [3.8, 4) is 0 Å². The van der Waals surface area contributed by atoms with Crippen LogP contribution in [0.2, 0.25) is 0 Å². The summed E-state index contributed by atoms with van der Waals surface area (Å²) in [6, 6.07) is 8.34. The van der Waals surface area contributed by atoms with Crippen molar-refractivity contribution < 1.29 is 5.11 Å². The lowest BCUT2D eigenvalue weighted by Crippen LogP contribution is -2.60. The predicted octanol–water partition coefficient (Wildman–Crippen LogP) is -2.40. The van der Waals surface area contributed by atoms with Gasteiger partial charge in [0.05, 0.1) is 10.4 Å². The molecular weight excluding hydrogens is 274 g/mol. The smallest absolute Gasteiger partial charge is 0.274 e. The number of nitrogens with one attached hydrogen (secondary N) is 4. The monoisotopic (exact) mass is 287 g/mol. The molecule has 1 aliphatic rings. The number of rotatable bonds is 2. The number of fused-ring (bicyclic) bond motifs is 1. The summed E-state index contributed by atoms with van der Waals surface area (Å²) in [4.78, 5) is 23.8. The molecule has 1 aromatic heterocycles. The SMILES string of the molecule is NNC1=c2c(=O)[nH][nH]c(=O)c2=C(O)C(c2ccccc2)N1. The van der Waals surface area contributed by atoms with Crippen LogP contribution in [-0.4, -0.2) is 15.3 Å². The van der Waals surface area contributed by atoms with Gasteiger partial charge in [0.2, 0.25) is 0 Å². The molecule has 0 amide bonds. The van der Waals surface area contributed by atoms with Crippen LogP contribution in [0, 0.1) is 0 Å². The van der Waals surface area contributed by atoms with Crippen molar-refractivity contribution in [3.63, 3.8) is 0 Å². The van der Waals surface area contributed by atoms with E-state index in [0.717, 1.165) is 5.56 Å². The maximum absolute atomic E-state index is 11.9. The van der Waals surface area contributed by atoms with Crippen LogP contribution >= 0.6 is 0 Å². The van der Waals surface area contributed by atoms with Crippen molar-refractivity contribution in [2.45, 2.75) is 6.04 Å². The van der Waals surface area contributed by atoms with Gasteiger partial charge in [-0.1, -0.05) is 30.3 Å². The van der Waals surface area contributed by atoms with Gasteiger partial charge < -0.3 is 15.8 Å². The summed E-state index contributed by atoms with van der Waals surface area (Å²) in [5.74, 6) is 5.35. The average Bonchev–Trinajstić information content (AvgIpc) is 2.51. The molecule has 1 aliphatic heterocycles. The van der Waals surface area contributed by atoms with E-state index in [1.54, 1.807) is 24.3 Å². The molecule has 0 aliphatic carbocycles. The van der Waals surface area contributed by atoms with Gasteiger partial charge in [0.15, 0.2) is 0 Å². The Balaban J connectivity index is 2.40. The van der Waals surface area contributed by atoms with Crippen LogP contribution in [0.4, 0.5) is 0 Å². The van der Waals surface area contributed by atoms with Gasteiger partial charge in [-0.2, -0.15) is 0 Å². The molecule has 2 heterocycles. The molecule has 0 bridgehead atoms. The first-order valence-electron chi connectivity index (χ1n) is 6.20. The van der Waals surface area contributed by atoms with Gasteiger partial charge in [0.25, 0.3) is 11.1 Å². The summed E-state index contributed by atoms with van der Waals surface area (Å²) in [7, 11) is 0. The molecule has 0 fully saturated rings. The Morgan fingerprint density at radius 2 is 1.67 bits per heavy atom. The molecule has 0 radical (unpaired) electrons. The van der Waals surface area contributed by atoms with E-state index in [1.165, 1.54) is 0 Å². The second kappa shape index (κ2) is 4.84. The van der Waals surface area contributed by atoms with Gasteiger partial charge in [0.1, 0.15) is 17.6 Å². The Labute approximate surface area is 117 Å². The Morgan fingerprint density at radius 1 is 1.05 bits per heavy atom. The molecular formula is C13H13N5O3. The van der Waals surface area contributed by atoms with Gasteiger partial charge in [-0.25, -0.2) is 5.84 Å². The van der Waals surface area contributed by atoms with Crippen molar-refractivity contribution in [2.24, 2.45) is 5.84 Å². The summed E-state index contributed by atoms with van der Waals surface area (Å²) >= 11 is 0. The number of nitrogens with two attached hydrogens (primary N) is 1. The number of aliphatic hydroxyl groups is 1. The highest BCUT2D eigenvalue weighted by atomic mass is 16.3. The fraction of sp³-hybridized carbons (Fsp3) is 0.0769. The third kappa shape index (κ3) is 1.98. The van der Waals surface area contributed by atoms with Gasteiger partial charge in [0, 0.05) is 0 Å². The first-order chi connectivity index (χ1) is 10.1. The summed E-state index contributed by atoms with van der Waals surface area (Å²) in [6.07, 6.45) is 0. The molecule has 0 spiro atoms. The first-order valence-corrected chi connectivity index (χ1v) is 6.20. The molecule has 2 aromatic rings. The van der Waals surface area contributed by atoms with E-state index < -0.39 is 17.2 Å². The third-order valence-corrected chi connectivity index (χ3v) is 3.34. The van der Waals surface area contributed by atoms with Gasteiger partial charge in [-0.3, -0.25) is 19.8 Å². The maximum Gasteiger partial charge on any atom is 0.274 e. The van der Waals surface area contributed by atoms with E-state index in [9.17, 15) is 14.7 Å². The molecule has 108 valence electrons. The molecule has 0 saturated carbocycles. The fourth-order valence-electron chi connectivity index (χ4n) is 2.38. The van der Waals surface area contributed by atoms with E-state index >= 15 is 0 Å². The van der Waals surface area contributed by atoms with Gasteiger partial charge in [-0.05, 0) is 5.56 Å². The van der Waals surface area contributed by atoms with E-state index in [2.05, 4.69) is 20.9 Å². The molecule has 0 saturated heterocycles. The number of aliphatic hydroxyl groups excluding tert-OH is 1. The first kappa shape index (κ1) is 13.0. The normalized spacial score (nSPS) is 17.1. The zero-order valence-electron chi connectivity index (χ0n) is 10.8. The van der Waals surface area contributed by atoms with Gasteiger partial charge >= 0.3 is 0 Å². The zero-order valence-corrected chi connectivity index (χ0v) is 10.8. The van der Waals surface area contributed by atoms with Crippen LogP contribution in [0.15, 0.2) is 39.9 Å². The summed E-state index contributed by atoms with van der Waals surface area (Å²) < 4.78 is 0. The lowest BCUT2D eigenvalue weighted by molar-refractivity contribution is 0.440. The highest BCUT2D eigenvalue weighted by Crippen LogP contribution is 2.20. The van der Waals surface area contributed by atoms with Crippen LogP contribution in [0.5, 0.6) is 0 Å². The van der Waals surface area contributed by atoms with Crippen molar-refractivity contribution in [2.75, 3.05) is 0 Å². The van der Waals surface area contributed by atoms with E-state index in [-0.39, 0.29) is 22.0 Å². The molecule has 1 aromatic carbocycles. The molecule has 21 heavy (non-hydrogen) atoms. The summed E-state index contributed by atoms with van der Waals surface area (Å²) in [5.41, 5.74) is 1.92. The number of benzene rings is 1. The largest absolute Gasteiger partial charge is 0.509 e. The lowest BCUT2D eigenvalue weighted by Gasteiger charge is -2.24. The summed E-state index contributed by atoms with van der Waals surface area (Å²) in [6.45, 7) is 0. The fourth-order valence-corrected chi connectivity index (χ4v) is 2.38. The Morgan fingerprint density at radius 3 is 2.29 bits per heavy atom. The average molecular weight is 287 g/mol. The number of aromatic amines is 2. The molecule has 3 rings (SSSR count). The summed E-state index contributed by atoms with van der Waals surface area (Å²) in [5, 5.41) is 17.6. The number of aromatic nitrogens is 2. The standard InChI is InChI=1S/C13H13N5O3/c14-16-11-8-7(12(20)17-18-13(8)21)10(19)9(15-11)6-4-2-1-3-5-6/h1-5,9,15-16,19H,14H2,(H,17,20)(H,18,21).